The Balaban J connectivity index is 1.45. The van der Waals surface area contributed by atoms with E-state index in [0.29, 0.717) is 72.6 Å². The molecule has 188 valence electrons. The van der Waals surface area contributed by atoms with Gasteiger partial charge in [0, 0.05) is 48.2 Å². The molecule has 1 fully saturated rings. The lowest BCUT2D eigenvalue weighted by atomic mass is 9.73. The molecule has 3 N–H and O–H groups in total. The van der Waals surface area contributed by atoms with Crippen molar-refractivity contribution in [2.75, 3.05) is 26.7 Å². The van der Waals surface area contributed by atoms with Gasteiger partial charge >= 0.3 is 0 Å². The number of fused-ring (bicyclic) bond motifs is 1. The number of methoxy groups -OCH3 is 1. The molecule has 1 saturated heterocycles. The molecule has 1 atom stereocenters. The van der Waals surface area contributed by atoms with Crippen molar-refractivity contribution in [2.45, 2.75) is 31.8 Å². The molecule has 36 heavy (non-hydrogen) atoms. The highest BCUT2D eigenvalue weighted by Gasteiger charge is 2.41. The van der Waals surface area contributed by atoms with Crippen LogP contribution in [0.1, 0.15) is 42.9 Å². The average molecular weight is 509 g/mol. The van der Waals surface area contributed by atoms with E-state index in [0.717, 1.165) is 5.56 Å². The largest absolute Gasteiger partial charge is 0.497 e. The maximum atomic E-state index is 12.8. The van der Waals surface area contributed by atoms with E-state index in [4.69, 9.17) is 16.3 Å². The van der Waals surface area contributed by atoms with E-state index in [1.54, 1.807) is 31.6 Å². The van der Waals surface area contributed by atoms with Crippen LogP contribution in [0, 0.1) is 17.3 Å². The van der Waals surface area contributed by atoms with Gasteiger partial charge in [-0.05, 0) is 56.0 Å². The number of ether oxygens (including phenoxy) is 1. The number of nitrogens with zero attached hydrogens (tertiary/aromatic N) is 3. The summed E-state index contributed by atoms with van der Waals surface area (Å²) >= 11 is 6.45. The molecule has 0 radical (unpaired) electrons. The number of rotatable bonds is 7. The second-order valence-corrected chi connectivity index (χ2v) is 9.40. The van der Waals surface area contributed by atoms with E-state index in [1.807, 2.05) is 23.7 Å². The predicted molar refractivity (Wildman–Crippen MR) is 137 cm³/mol. The quantitative estimate of drug-likeness (QED) is 0.253. The standard InChI is InChI=1S/C27H29ClN4O4/c1-36-20-4-5-23-21(17-20)25(22(28)18-30-23)24(33)6-9-27(26(34)31-35)10-15-32(16-11-27)14-2-3-19-7-12-29-13-8-19/h4-5,7-8,12-13,17-18,24,33,35H,6,9-11,14-16H2,1H3,(H,31,34)/t24-/m1/s1. The first-order chi connectivity index (χ1) is 17.5. The summed E-state index contributed by atoms with van der Waals surface area (Å²) in [6, 6.07) is 9.14. The van der Waals surface area contributed by atoms with E-state index in [-0.39, 0.29) is 0 Å². The molecule has 1 aliphatic rings. The first kappa shape index (κ1) is 25.9. The third-order valence-electron chi connectivity index (χ3n) is 6.91. The fourth-order valence-electron chi connectivity index (χ4n) is 4.73. The topological polar surface area (TPSA) is 108 Å². The number of carbonyl (C=O) groups excluding carboxylic acids is 1. The average Bonchev–Trinajstić information content (AvgIpc) is 2.92. The molecule has 3 aromatic rings. The minimum absolute atomic E-state index is 0.297. The van der Waals surface area contributed by atoms with E-state index >= 15 is 0 Å². The molecule has 1 aliphatic heterocycles. The fourth-order valence-corrected chi connectivity index (χ4v) is 5.00. The monoisotopic (exact) mass is 508 g/mol. The van der Waals surface area contributed by atoms with Crippen molar-refractivity contribution in [3.8, 4) is 17.6 Å². The van der Waals surface area contributed by atoms with Crippen molar-refractivity contribution in [2.24, 2.45) is 5.41 Å². The lowest BCUT2D eigenvalue weighted by molar-refractivity contribution is -0.143. The number of halogens is 1. The Morgan fingerprint density at radius 2 is 2.03 bits per heavy atom. The lowest BCUT2D eigenvalue weighted by Gasteiger charge is -2.40. The highest BCUT2D eigenvalue weighted by molar-refractivity contribution is 6.32. The van der Waals surface area contributed by atoms with Crippen LogP contribution in [-0.2, 0) is 4.79 Å². The van der Waals surface area contributed by atoms with Crippen molar-refractivity contribution >= 4 is 28.4 Å². The summed E-state index contributed by atoms with van der Waals surface area (Å²) in [4.78, 5) is 23.3. The van der Waals surface area contributed by atoms with Gasteiger partial charge in [-0.15, -0.1) is 0 Å². The van der Waals surface area contributed by atoms with Crippen molar-refractivity contribution < 1.29 is 19.8 Å². The second-order valence-electron chi connectivity index (χ2n) is 8.99. The van der Waals surface area contributed by atoms with Crippen LogP contribution in [-0.4, -0.2) is 57.8 Å². The predicted octanol–water partition coefficient (Wildman–Crippen LogP) is 3.74. The number of benzene rings is 1. The first-order valence-corrected chi connectivity index (χ1v) is 12.2. The van der Waals surface area contributed by atoms with Crippen LogP contribution in [0.5, 0.6) is 5.75 Å². The van der Waals surface area contributed by atoms with E-state index < -0.39 is 17.4 Å². The van der Waals surface area contributed by atoms with Crippen molar-refractivity contribution in [3.63, 3.8) is 0 Å². The maximum absolute atomic E-state index is 12.8. The van der Waals surface area contributed by atoms with Gasteiger partial charge in [-0.3, -0.25) is 24.9 Å². The molecule has 9 heteroatoms. The van der Waals surface area contributed by atoms with Gasteiger partial charge in [-0.1, -0.05) is 23.4 Å². The summed E-state index contributed by atoms with van der Waals surface area (Å²) in [6.45, 7) is 1.90. The minimum atomic E-state index is -0.914. The third kappa shape index (κ3) is 5.77. The number of aliphatic hydroxyl groups excluding tert-OH is 1. The van der Waals surface area contributed by atoms with Gasteiger partial charge in [0.2, 0.25) is 5.91 Å². The van der Waals surface area contributed by atoms with E-state index in [9.17, 15) is 15.1 Å². The highest BCUT2D eigenvalue weighted by atomic mass is 35.5. The Morgan fingerprint density at radius 3 is 2.72 bits per heavy atom. The van der Waals surface area contributed by atoms with Gasteiger partial charge in [0.25, 0.3) is 0 Å². The summed E-state index contributed by atoms with van der Waals surface area (Å²) in [6.07, 6.45) is 5.80. The van der Waals surface area contributed by atoms with Gasteiger partial charge in [-0.2, -0.15) is 0 Å². The maximum Gasteiger partial charge on any atom is 0.249 e. The number of carbonyl (C=O) groups is 1. The Bertz CT molecular complexity index is 1270. The number of nitrogens with one attached hydrogen (secondary N) is 1. The van der Waals surface area contributed by atoms with Crippen molar-refractivity contribution in [3.05, 3.63) is 65.1 Å². The van der Waals surface area contributed by atoms with Crippen LogP contribution in [0.2, 0.25) is 5.02 Å². The third-order valence-corrected chi connectivity index (χ3v) is 7.21. The molecule has 0 bridgehead atoms. The van der Waals surface area contributed by atoms with Crippen LogP contribution >= 0.6 is 11.6 Å². The Labute approximate surface area is 215 Å². The fraction of sp³-hybridized carbons (Fsp3) is 0.370. The number of hydrogen-bond donors (Lipinski definition) is 3. The lowest BCUT2D eigenvalue weighted by Crippen LogP contribution is -2.48. The highest BCUT2D eigenvalue weighted by Crippen LogP contribution is 2.41. The number of likely N-dealkylation sites (tertiary alicyclic amines) is 1. The molecule has 0 saturated carbocycles. The molecule has 1 aromatic carbocycles. The van der Waals surface area contributed by atoms with Crippen LogP contribution in [0.25, 0.3) is 10.9 Å². The normalized spacial score (nSPS) is 16.1. The molecule has 4 rings (SSSR count). The summed E-state index contributed by atoms with van der Waals surface area (Å²) < 4.78 is 5.33. The summed E-state index contributed by atoms with van der Waals surface area (Å²) in [5, 5.41) is 21.7. The first-order valence-electron chi connectivity index (χ1n) is 11.8. The number of aliphatic hydroxyl groups is 1. The van der Waals surface area contributed by atoms with Crippen LogP contribution in [0.15, 0.2) is 48.9 Å². The molecule has 3 heterocycles. The summed E-state index contributed by atoms with van der Waals surface area (Å²) in [5.41, 5.74) is 3.21. The van der Waals surface area contributed by atoms with Crippen LogP contribution in [0.4, 0.5) is 0 Å². The van der Waals surface area contributed by atoms with Gasteiger partial charge in [0.15, 0.2) is 0 Å². The van der Waals surface area contributed by atoms with Gasteiger partial charge in [-0.25, -0.2) is 5.48 Å². The van der Waals surface area contributed by atoms with E-state index in [2.05, 4.69) is 26.7 Å². The minimum Gasteiger partial charge on any atom is -0.497 e. The van der Waals surface area contributed by atoms with Gasteiger partial charge in [0.1, 0.15) is 5.75 Å². The van der Waals surface area contributed by atoms with Crippen molar-refractivity contribution in [1.82, 2.24) is 20.3 Å². The molecule has 0 aliphatic carbocycles. The molecule has 0 unspecified atom stereocenters. The Hall–Kier alpha value is -3.22. The zero-order chi connectivity index (χ0) is 25.5. The summed E-state index contributed by atoms with van der Waals surface area (Å²) in [7, 11) is 1.57. The molecule has 0 spiro atoms. The number of hydrogen-bond acceptors (Lipinski definition) is 7. The molecule has 2 aromatic heterocycles. The molecular formula is C27H29ClN4O4. The number of aromatic nitrogens is 2. The Kier molecular flexibility index (Phi) is 8.39. The number of hydroxylamine groups is 1. The number of piperidine rings is 1. The molecule has 1 amide bonds. The number of amides is 1. The Morgan fingerprint density at radius 1 is 1.28 bits per heavy atom. The summed E-state index contributed by atoms with van der Waals surface area (Å²) in [5.74, 6) is 6.50. The zero-order valence-electron chi connectivity index (χ0n) is 20.1. The zero-order valence-corrected chi connectivity index (χ0v) is 20.8. The second kappa shape index (κ2) is 11.7. The SMILES string of the molecule is COc1ccc2ncc(Cl)c([C@H](O)CCC3(C(=O)NO)CCN(CC#Cc4ccncc4)CC3)c2c1. The molecule has 8 nitrogen and oxygen atoms in total. The van der Waals surface area contributed by atoms with E-state index in [1.165, 1.54) is 6.20 Å². The smallest absolute Gasteiger partial charge is 0.249 e. The van der Waals surface area contributed by atoms with Gasteiger partial charge in [0.05, 0.1) is 35.7 Å². The van der Waals surface area contributed by atoms with Crippen molar-refractivity contribution in [1.29, 1.82) is 0 Å². The van der Waals surface area contributed by atoms with Gasteiger partial charge < -0.3 is 9.84 Å². The number of pyridine rings is 2. The van der Waals surface area contributed by atoms with Crippen LogP contribution < -0.4 is 10.2 Å². The van der Waals surface area contributed by atoms with Crippen LogP contribution in [0.3, 0.4) is 0 Å². The molecular weight excluding hydrogens is 480 g/mol.